The minimum absolute atomic E-state index is 0. The Balaban J connectivity index is 0.00000112. The fourth-order valence-corrected chi connectivity index (χ4v) is 2.03. The standard InChI is InChI=1S/C11H14FNO.ClH/c12-10-3-1-2-9(6-10)11(8-14)4-5-13-7-11;/h1-3,6,13-14H,4-5,7-8H2;1H. The molecule has 1 heterocycles. The maximum atomic E-state index is 13.0. The highest BCUT2D eigenvalue weighted by Gasteiger charge is 2.34. The third-order valence-corrected chi connectivity index (χ3v) is 2.98. The first-order valence-electron chi connectivity index (χ1n) is 4.84. The lowest BCUT2D eigenvalue weighted by atomic mass is 9.80. The maximum Gasteiger partial charge on any atom is 0.123 e. The average molecular weight is 232 g/mol. The third-order valence-electron chi connectivity index (χ3n) is 2.98. The highest BCUT2D eigenvalue weighted by molar-refractivity contribution is 5.85. The molecule has 1 unspecified atom stereocenters. The first-order valence-corrected chi connectivity index (χ1v) is 4.84. The number of benzene rings is 1. The van der Waals surface area contributed by atoms with Gasteiger partial charge in [0.2, 0.25) is 0 Å². The van der Waals surface area contributed by atoms with Crippen molar-refractivity contribution < 1.29 is 9.50 Å². The van der Waals surface area contributed by atoms with E-state index in [0.29, 0.717) is 0 Å². The Labute approximate surface area is 94.9 Å². The van der Waals surface area contributed by atoms with Gasteiger partial charge in [-0.25, -0.2) is 4.39 Å². The van der Waals surface area contributed by atoms with E-state index in [4.69, 9.17) is 0 Å². The molecule has 2 rings (SSSR count). The van der Waals surface area contributed by atoms with Crippen molar-refractivity contribution >= 4 is 12.4 Å². The van der Waals surface area contributed by atoms with Gasteiger partial charge in [-0.3, -0.25) is 0 Å². The zero-order valence-electron chi connectivity index (χ0n) is 8.37. The summed E-state index contributed by atoms with van der Waals surface area (Å²) in [7, 11) is 0. The van der Waals surface area contributed by atoms with Gasteiger partial charge in [-0.15, -0.1) is 12.4 Å². The monoisotopic (exact) mass is 231 g/mol. The Morgan fingerprint density at radius 2 is 2.27 bits per heavy atom. The average Bonchev–Trinajstić information content (AvgIpc) is 2.67. The summed E-state index contributed by atoms with van der Waals surface area (Å²) in [5, 5.41) is 12.6. The summed E-state index contributed by atoms with van der Waals surface area (Å²) in [6.45, 7) is 1.69. The quantitative estimate of drug-likeness (QED) is 0.808. The molecular weight excluding hydrogens is 217 g/mol. The lowest BCUT2D eigenvalue weighted by molar-refractivity contribution is 0.205. The van der Waals surface area contributed by atoms with Crippen molar-refractivity contribution in [2.75, 3.05) is 19.7 Å². The van der Waals surface area contributed by atoms with E-state index in [1.54, 1.807) is 6.07 Å². The van der Waals surface area contributed by atoms with Gasteiger partial charge in [0.25, 0.3) is 0 Å². The molecule has 84 valence electrons. The Morgan fingerprint density at radius 3 is 2.80 bits per heavy atom. The summed E-state index contributed by atoms with van der Waals surface area (Å²) >= 11 is 0. The molecule has 1 aliphatic rings. The molecule has 0 bridgehead atoms. The van der Waals surface area contributed by atoms with E-state index in [1.807, 2.05) is 6.07 Å². The molecule has 1 aliphatic heterocycles. The fraction of sp³-hybridized carbons (Fsp3) is 0.455. The van der Waals surface area contributed by atoms with Gasteiger partial charge in [-0.05, 0) is 30.7 Å². The van der Waals surface area contributed by atoms with Crippen LogP contribution in [-0.2, 0) is 5.41 Å². The van der Waals surface area contributed by atoms with Crippen LogP contribution in [0.15, 0.2) is 24.3 Å². The van der Waals surface area contributed by atoms with Crippen LogP contribution in [0, 0.1) is 5.82 Å². The number of aliphatic hydroxyl groups excluding tert-OH is 1. The van der Waals surface area contributed by atoms with Crippen molar-refractivity contribution in [3.05, 3.63) is 35.6 Å². The summed E-state index contributed by atoms with van der Waals surface area (Å²) in [6.07, 6.45) is 0.868. The van der Waals surface area contributed by atoms with Crippen LogP contribution in [0.3, 0.4) is 0 Å². The first kappa shape index (κ1) is 12.4. The van der Waals surface area contributed by atoms with Crippen molar-refractivity contribution in [3.8, 4) is 0 Å². The van der Waals surface area contributed by atoms with Gasteiger partial charge < -0.3 is 10.4 Å². The molecule has 1 fully saturated rings. The molecular formula is C11H15ClFNO. The molecule has 0 spiro atoms. The van der Waals surface area contributed by atoms with Crippen molar-refractivity contribution in [3.63, 3.8) is 0 Å². The third kappa shape index (κ3) is 2.30. The normalized spacial score (nSPS) is 24.9. The Kier molecular flexibility index (Phi) is 4.08. The van der Waals surface area contributed by atoms with Gasteiger partial charge >= 0.3 is 0 Å². The second kappa shape index (κ2) is 4.92. The largest absolute Gasteiger partial charge is 0.395 e. The molecule has 2 N–H and O–H groups in total. The Morgan fingerprint density at radius 1 is 1.47 bits per heavy atom. The fourth-order valence-electron chi connectivity index (χ4n) is 2.03. The molecule has 15 heavy (non-hydrogen) atoms. The van der Waals surface area contributed by atoms with E-state index in [-0.39, 0.29) is 30.2 Å². The van der Waals surface area contributed by atoms with E-state index in [1.165, 1.54) is 12.1 Å². The summed E-state index contributed by atoms with van der Waals surface area (Å²) in [5.74, 6) is -0.234. The lowest BCUT2D eigenvalue weighted by Gasteiger charge is -2.26. The van der Waals surface area contributed by atoms with Crippen LogP contribution < -0.4 is 5.32 Å². The van der Waals surface area contributed by atoms with Crippen molar-refractivity contribution in [1.82, 2.24) is 5.32 Å². The van der Waals surface area contributed by atoms with Gasteiger partial charge in [0.15, 0.2) is 0 Å². The topological polar surface area (TPSA) is 32.3 Å². The number of hydrogen-bond acceptors (Lipinski definition) is 2. The first-order chi connectivity index (χ1) is 6.77. The number of rotatable bonds is 2. The van der Waals surface area contributed by atoms with E-state index in [2.05, 4.69) is 5.32 Å². The molecule has 0 aliphatic carbocycles. The van der Waals surface area contributed by atoms with Crippen LogP contribution in [0.2, 0.25) is 0 Å². The van der Waals surface area contributed by atoms with Gasteiger partial charge in [-0.2, -0.15) is 0 Å². The van der Waals surface area contributed by atoms with E-state index in [0.717, 1.165) is 25.1 Å². The van der Waals surface area contributed by atoms with E-state index < -0.39 is 0 Å². The van der Waals surface area contributed by atoms with Crippen molar-refractivity contribution in [2.24, 2.45) is 0 Å². The molecule has 0 radical (unpaired) electrons. The van der Waals surface area contributed by atoms with E-state index >= 15 is 0 Å². The van der Waals surface area contributed by atoms with Gasteiger partial charge in [0.05, 0.1) is 6.61 Å². The summed E-state index contributed by atoms with van der Waals surface area (Å²) in [4.78, 5) is 0. The summed E-state index contributed by atoms with van der Waals surface area (Å²) in [6, 6.07) is 6.52. The molecule has 0 aromatic heterocycles. The van der Waals surface area contributed by atoms with Crippen LogP contribution in [0.25, 0.3) is 0 Å². The van der Waals surface area contributed by atoms with Crippen LogP contribution in [0.5, 0.6) is 0 Å². The number of hydrogen-bond donors (Lipinski definition) is 2. The Hall–Kier alpha value is -0.640. The second-order valence-electron chi connectivity index (χ2n) is 3.88. The summed E-state index contributed by atoms with van der Waals surface area (Å²) in [5.41, 5.74) is 0.618. The molecule has 4 heteroatoms. The number of aliphatic hydroxyl groups is 1. The summed E-state index contributed by atoms with van der Waals surface area (Å²) < 4.78 is 13.0. The molecule has 2 nitrogen and oxygen atoms in total. The minimum atomic E-state index is -0.276. The van der Waals surface area contributed by atoms with Gasteiger partial charge in [0, 0.05) is 12.0 Å². The van der Waals surface area contributed by atoms with Crippen molar-refractivity contribution in [1.29, 1.82) is 0 Å². The van der Waals surface area contributed by atoms with Gasteiger partial charge in [0.1, 0.15) is 5.82 Å². The van der Waals surface area contributed by atoms with Crippen molar-refractivity contribution in [2.45, 2.75) is 11.8 Å². The molecule has 0 amide bonds. The molecule has 1 aromatic rings. The smallest absolute Gasteiger partial charge is 0.123 e. The zero-order chi connectivity index (χ0) is 10.0. The number of halogens is 2. The highest BCUT2D eigenvalue weighted by atomic mass is 35.5. The molecule has 0 saturated carbocycles. The lowest BCUT2D eigenvalue weighted by Crippen LogP contribution is -2.33. The van der Waals surface area contributed by atoms with Crippen LogP contribution >= 0.6 is 12.4 Å². The Bertz CT molecular complexity index is 326. The second-order valence-corrected chi connectivity index (χ2v) is 3.88. The highest BCUT2D eigenvalue weighted by Crippen LogP contribution is 2.30. The number of nitrogens with one attached hydrogen (secondary N) is 1. The minimum Gasteiger partial charge on any atom is -0.395 e. The van der Waals surface area contributed by atoms with Crippen LogP contribution in [0.1, 0.15) is 12.0 Å². The van der Waals surface area contributed by atoms with Crippen LogP contribution in [0.4, 0.5) is 4.39 Å². The molecule has 1 atom stereocenters. The maximum absolute atomic E-state index is 13.0. The SMILES string of the molecule is Cl.OCC1(c2cccc(F)c2)CCNC1. The van der Waals surface area contributed by atoms with Crippen LogP contribution in [-0.4, -0.2) is 24.8 Å². The predicted octanol–water partition coefficient (Wildman–Crippen LogP) is 1.47. The molecule has 1 saturated heterocycles. The molecule has 1 aromatic carbocycles. The predicted molar refractivity (Wildman–Crippen MR) is 59.9 cm³/mol. The zero-order valence-corrected chi connectivity index (χ0v) is 9.19. The van der Waals surface area contributed by atoms with Gasteiger partial charge in [-0.1, -0.05) is 12.1 Å². The van der Waals surface area contributed by atoms with E-state index in [9.17, 15) is 9.50 Å².